The Kier molecular flexibility index (Phi) is 5.19. The summed E-state index contributed by atoms with van der Waals surface area (Å²) < 4.78 is 29.7. The highest BCUT2D eigenvalue weighted by atomic mass is 19.2. The molecule has 0 unspecified atom stereocenters. The third kappa shape index (κ3) is 3.68. The molecule has 0 spiro atoms. The zero-order valence-corrected chi connectivity index (χ0v) is 16.0. The van der Waals surface area contributed by atoms with E-state index in [0.717, 1.165) is 62.5 Å². The normalized spacial score (nSPS) is 17.2. The molecular formula is C20H25F2N5O. The number of aromatic nitrogens is 2. The summed E-state index contributed by atoms with van der Waals surface area (Å²) in [5.74, 6) is -1.85. The highest BCUT2D eigenvalue weighted by molar-refractivity contribution is 5.93. The number of carbonyl (C=O) groups is 1. The molecule has 2 amide bonds. The van der Waals surface area contributed by atoms with Crippen LogP contribution in [-0.4, -0.2) is 40.3 Å². The molecule has 1 aromatic heterocycles. The third-order valence-corrected chi connectivity index (χ3v) is 5.62. The maximum Gasteiger partial charge on any atom is 0.322 e. The van der Waals surface area contributed by atoms with Crippen molar-refractivity contribution in [2.45, 2.75) is 38.6 Å². The van der Waals surface area contributed by atoms with Crippen LogP contribution in [0.25, 0.3) is 0 Å². The van der Waals surface area contributed by atoms with Gasteiger partial charge in [0.2, 0.25) is 0 Å². The second-order valence-electron chi connectivity index (χ2n) is 7.53. The summed E-state index contributed by atoms with van der Waals surface area (Å²) in [6.45, 7) is 2.61. The number of amides is 2. The average molecular weight is 389 g/mol. The van der Waals surface area contributed by atoms with E-state index in [0.29, 0.717) is 24.5 Å². The number of rotatable bonds is 2. The molecule has 2 aliphatic heterocycles. The molecule has 1 aromatic carbocycles. The van der Waals surface area contributed by atoms with Gasteiger partial charge in [-0.25, -0.2) is 13.6 Å². The van der Waals surface area contributed by atoms with Gasteiger partial charge >= 0.3 is 6.03 Å². The maximum absolute atomic E-state index is 13.9. The van der Waals surface area contributed by atoms with Crippen molar-refractivity contribution >= 4 is 17.4 Å². The smallest absolute Gasteiger partial charge is 0.322 e. The predicted molar refractivity (Wildman–Crippen MR) is 103 cm³/mol. The van der Waals surface area contributed by atoms with Crippen molar-refractivity contribution < 1.29 is 13.6 Å². The topological polar surface area (TPSA) is 53.4 Å². The summed E-state index contributed by atoms with van der Waals surface area (Å²) in [7, 11) is 1.90. The summed E-state index contributed by atoms with van der Waals surface area (Å²) in [6.07, 6.45) is 6.61. The van der Waals surface area contributed by atoms with Gasteiger partial charge in [-0.15, -0.1) is 0 Å². The van der Waals surface area contributed by atoms with Crippen molar-refractivity contribution in [3.8, 4) is 0 Å². The number of nitrogens with zero attached hydrogens (tertiary/aromatic N) is 4. The number of anilines is 2. The Hall–Kier alpha value is -2.64. The fraction of sp³-hybridized carbons (Fsp3) is 0.500. The van der Waals surface area contributed by atoms with Crippen molar-refractivity contribution in [1.82, 2.24) is 14.7 Å². The van der Waals surface area contributed by atoms with Crippen LogP contribution in [-0.2, 0) is 20.0 Å². The van der Waals surface area contributed by atoms with E-state index in [1.165, 1.54) is 6.07 Å². The van der Waals surface area contributed by atoms with E-state index >= 15 is 0 Å². The summed E-state index contributed by atoms with van der Waals surface area (Å²) in [6, 6.07) is 1.98. The molecule has 0 saturated carbocycles. The lowest BCUT2D eigenvalue weighted by Gasteiger charge is -2.31. The summed E-state index contributed by atoms with van der Waals surface area (Å²) in [5, 5.41) is 7.10. The molecule has 0 radical (unpaired) electrons. The van der Waals surface area contributed by atoms with E-state index in [4.69, 9.17) is 0 Å². The largest absolute Gasteiger partial charge is 0.370 e. The zero-order valence-electron chi connectivity index (χ0n) is 16.0. The van der Waals surface area contributed by atoms with E-state index in [9.17, 15) is 13.6 Å². The van der Waals surface area contributed by atoms with Gasteiger partial charge in [0.1, 0.15) is 0 Å². The fourth-order valence-electron chi connectivity index (χ4n) is 4.09. The Balaban J connectivity index is 1.56. The minimum Gasteiger partial charge on any atom is -0.370 e. The minimum absolute atomic E-state index is 0.305. The molecule has 0 bridgehead atoms. The molecule has 3 heterocycles. The Morgan fingerprint density at radius 2 is 1.82 bits per heavy atom. The van der Waals surface area contributed by atoms with E-state index in [2.05, 4.69) is 10.4 Å². The fourth-order valence-corrected chi connectivity index (χ4v) is 4.09. The number of aryl methyl sites for hydroxylation is 1. The highest BCUT2D eigenvalue weighted by Gasteiger charge is 2.24. The minimum atomic E-state index is -0.957. The number of nitrogens with one attached hydrogen (secondary N) is 1. The van der Waals surface area contributed by atoms with Crippen LogP contribution in [0.4, 0.5) is 25.0 Å². The first kappa shape index (κ1) is 18.7. The van der Waals surface area contributed by atoms with Crippen molar-refractivity contribution in [1.29, 1.82) is 0 Å². The number of hydrogen-bond donors (Lipinski definition) is 1. The molecule has 0 atom stereocenters. The van der Waals surface area contributed by atoms with Crippen LogP contribution in [0.15, 0.2) is 18.3 Å². The molecule has 2 aromatic rings. The van der Waals surface area contributed by atoms with Gasteiger partial charge in [-0.05, 0) is 32.1 Å². The van der Waals surface area contributed by atoms with Crippen LogP contribution in [0, 0.1) is 11.6 Å². The Labute approximate surface area is 163 Å². The number of hydrogen-bond acceptors (Lipinski definition) is 3. The lowest BCUT2D eigenvalue weighted by molar-refractivity contribution is 0.210. The first-order chi connectivity index (χ1) is 13.5. The van der Waals surface area contributed by atoms with Gasteiger partial charge < -0.3 is 15.1 Å². The second kappa shape index (κ2) is 7.77. The molecule has 28 heavy (non-hydrogen) atoms. The van der Waals surface area contributed by atoms with Gasteiger partial charge in [0, 0.05) is 50.1 Å². The van der Waals surface area contributed by atoms with Gasteiger partial charge in [-0.3, -0.25) is 4.68 Å². The number of piperidine rings is 1. The SMILES string of the molecule is Cn1ncc2c1CCCN(C(=O)Nc1cc(F)c(F)cc1N1CCCCC1)C2. The van der Waals surface area contributed by atoms with Crippen molar-refractivity contribution in [2.24, 2.45) is 7.05 Å². The number of halogens is 2. The van der Waals surface area contributed by atoms with Gasteiger partial charge in [0.25, 0.3) is 0 Å². The van der Waals surface area contributed by atoms with Gasteiger partial charge in [-0.2, -0.15) is 5.10 Å². The molecule has 150 valence electrons. The monoisotopic (exact) mass is 389 g/mol. The summed E-state index contributed by atoms with van der Waals surface area (Å²) in [5.41, 5.74) is 3.03. The molecule has 2 aliphatic rings. The summed E-state index contributed by atoms with van der Waals surface area (Å²) >= 11 is 0. The van der Waals surface area contributed by atoms with Crippen LogP contribution in [0.1, 0.15) is 36.9 Å². The molecule has 1 fully saturated rings. The standard InChI is InChI=1S/C20H25F2N5O/c1-25-18-6-5-9-27(13-14(18)12-23-25)20(28)24-17-10-15(21)16(22)11-19(17)26-7-3-2-4-8-26/h10-12H,2-9,13H2,1H3,(H,24,28). The number of urea groups is 1. The molecule has 0 aliphatic carbocycles. The van der Waals surface area contributed by atoms with E-state index in [1.807, 2.05) is 16.6 Å². The first-order valence-corrected chi connectivity index (χ1v) is 9.82. The number of fused-ring (bicyclic) bond motifs is 1. The molecule has 1 N–H and O–H groups in total. The highest BCUT2D eigenvalue weighted by Crippen LogP contribution is 2.31. The molecular weight excluding hydrogens is 364 g/mol. The third-order valence-electron chi connectivity index (χ3n) is 5.62. The van der Waals surface area contributed by atoms with Crippen LogP contribution >= 0.6 is 0 Å². The van der Waals surface area contributed by atoms with Crippen LogP contribution in [0.5, 0.6) is 0 Å². The van der Waals surface area contributed by atoms with Gasteiger partial charge in [0.05, 0.1) is 24.1 Å². The number of benzene rings is 1. The summed E-state index contributed by atoms with van der Waals surface area (Å²) in [4.78, 5) is 16.6. The number of carbonyl (C=O) groups excluding carboxylic acids is 1. The van der Waals surface area contributed by atoms with Crippen molar-refractivity contribution in [3.63, 3.8) is 0 Å². The van der Waals surface area contributed by atoms with E-state index < -0.39 is 11.6 Å². The van der Waals surface area contributed by atoms with Crippen LogP contribution in [0.3, 0.4) is 0 Å². The molecule has 4 rings (SSSR count). The van der Waals surface area contributed by atoms with Crippen molar-refractivity contribution in [2.75, 3.05) is 29.9 Å². The lowest BCUT2D eigenvalue weighted by Crippen LogP contribution is -2.36. The quantitative estimate of drug-likeness (QED) is 0.853. The average Bonchev–Trinajstić information content (AvgIpc) is 2.91. The Morgan fingerprint density at radius 3 is 2.61 bits per heavy atom. The zero-order chi connectivity index (χ0) is 19.7. The van der Waals surface area contributed by atoms with E-state index in [-0.39, 0.29) is 6.03 Å². The lowest BCUT2D eigenvalue weighted by atomic mass is 10.1. The van der Waals surface area contributed by atoms with Crippen LogP contribution in [0.2, 0.25) is 0 Å². The molecule has 6 nitrogen and oxygen atoms in total. The Morgan fingerprint density at radius 1 is 1.07 bits per heavy atom. The predicted octanol–water partition coefficient (Wildman–Crippen LogP) is 3.67. The second-order valence-corrected chi connectivity index (χ2v) is 7.53. The van der Waals surface area contributed by atoms with Gasteiger partial charge in [-0.1, -0.05) is 0 Å². The Bertz CT molecular complexity index is 876. The maximum atomic E-state index is 13.9. The first-order valence-electron chi connectivity index (χ1n) is 9.82. The molecule has 1 saturated heterocycles. The van der Waals surface area contributed by atoms with Gasteiger partial charge in [0.15, 0.2) is 11.6 Å². The van der Waals surface area contributed by atoms with Crippen molar-refractivity contribution in [3.05, 3.63) is 41.2 Å². The molecule has 8 heteroatoms. The van der Waals surface area contributed by atoms with Crippen LogP contribution < -0.4 is 10.2 Å². The van der Waals surface area contributed by atoms with E-state index in [1.54, 1.807) is 11.1 Å².